The predicted molar refractivity (Wildman–Crippen MR) is 92.2 cm³/mol. The van der Waals surface area contributed by atoms with Crippen LogP contribution in [0.25, 0.3) is 0 Å². The van der Waals surface area contributed by atoms with Crippen LogP contribution in [0.15, 0.2) is 47.8 Å². The first-order chi connectivity index (χ1) is 12.2. The molecule has 1 aliphatic heterocycles. The molecule has 0 amide bonds. The highest BCUT2D eigenvalue weighted by atomic mass is 19.1. The van der Waals surface area contributed by atoms with Crippen LogP contribution in [0.4, 0.5) is 14.6 Å². The van der Waals surface area contributed by atoms with Crippen molar-refractivity contribution in [2.75, 3.05) is 37.6 Å². The fourth-order valence-corrected chi connectivity index (χ4v) is 2.97. The molecule has 0 saturated carbocycles. The summed E-state index contributed by atoms with van der Waals surface area (Å²) in [6.07, 6.45) is 2.17. The molecule has 0 aliphatic carbocycles. The van der Waals surface area contributed by atoms with Crippen molar-refractivity contribution in [1.29, 1.82) is 0 Å². The van der Waals surface area contributed by atoms with E-state index in [1.165, 1.54) is 6.07 Å². The molecule has 7 heteroatoms. The zero-order valence-electron chi connectivity index (χ0n) is 13.8. The van der Waals surface area contributed by atoms with Gasteiger partial charge in [-0.2, -0.15) is 0 Å². The van der Waals surface area contributed by atoms with Gasteiger partial charge < -0.3 is 10.1 Å². The Hall–Kier alpha value is -2.54. The van der Waals surface area contributed by atoms with Crippen molar-refractivity contribution in [2.24, 2.45) is 5.16 Å². The third-order valence-electron chi connectivity index (χ3n) is 4.37. The molecule has 1 aromatic carbocycles. The number of pyridine rings is 1. The van der Waals surface area contributed by atoms with Crippen molar-refractivity contribution in [3.8, 4) is 0 Å². The van der Waals surface area contributed by atoms with Gasteiger partial charge in [0.05, 0.1) is 5.71 Å². The normalized spacial score (nSPS) is 16.2. The average molecular weight is 346 g/mol. The number of rotatable bonds is 5. The molecule has 1 aliphatic rings. The predicted octanol–water partition coefficient (Wildman–Crippen LogP) is 2.75. The van der Waals surface area contributed by atoms with Gasteiger partial charge in [-0.15, -0.1) is 0 Å². The summed E-state index contributed by atoms with van der Waals surface area (Å²) < 4.78 is 26.8. The van der Waals surface area contributed by atoms with E-state index in [0.717, 1.165) is 44.1 Å². The minimum atomic E-state index is -0.715. The molecule has 0 unspecified atom stereocenters. The lowest BCUT2D eigenvalue weighted by Gasteiger charge is -2.35. The molecule has 2 aromatic rings. The quantitative estimate of drug-likeness (QED) is 0.514. The van der Waals surface area contributed by atoms with E-state index >= 15 is 0 Å². The molecule has 1 N–H and O–H groups in total. The zero-order chi connectivity index (χ0) is 17.6. The second kappa shape index (κ2) is 8.02. The largest absolute Gasteiger partial charge is 0.411 e. The monoisotopic (exact) mass is 346 g/mol. The Kier molecular flexibility index (Phi) is 5.55. The number of hydrogen-bond acceptors (Lipinski definition) is 5. The van der Waals surface area contributed by atoms with E-state index in [0.29, 0.717) is 13.0 Å². The standard InChI is InChI=1S/C18H20F2N4O/c19-14-4-5-15(16(20)13-14)17(22-25)6-8-23-9-11-24(12-10-23)18-3-1-2-7-21-18/h1-5,7,13,25H,6,8-12H2/b22-17+. The van der Waals surface area contributed by atoms with E-state index in [1.54, 1.807) is 6.20 Å². The summed E-state index contributed by atoms with van der Waals surface area (Å²) in [6, 6.07) is 9.11. The Morgan fingerprint density at radius 3 is 2.56 bits per heavy atom. The van der Waals surface area contributed by atoms with Crippen molar-refractivity contribution in [1.82, 2.24) is 9.88 Å². The highest BCUT2D eigenvalue weighted by molar-refractivity contribution is 6.00. The molecule has 5 nitrogen and oxygen atoms in total. The SMILES string of the molecule is O/N=C(\CCN1CCN(c2ccccn2)CC1)c1ccc(F)cc1F. The third kappa shape index (κ3) is 4.30. The minimum absolute atomic E-state index is 0.135. The Labute approximate surface area is 145 Å². The molecule has 1 fully saturated rings. The number of piperazine rings is 1. The molecule has 3 rings (SSSR count). The van der Waals surface area contributed by atoms with Crippen LogP contribution in [0.3, 0.4) is 0 Å². The van der Waals surface area contributed by atoms with E-state index in [4.69, 9.17) is 0 Å². The van der Waals surface area contributed by atoms with Gasteiger partial charge >= 0.3 is 0 Å². The lowest BCUT2D eigenvalue weighted by molar-refractivity contribution is 0.262. The van der Waals surface area contributed by atoms with Crippen LogP contribution in [0.1, 0.15) is 12.0 Å². The second-order valence-corrected chi connectivity index (χ2v) is 5.94. The maximum Gasteiger partial charge on any atom is 0.135 e. The van der Waals surface area contributed by atoms with Crippen molar-refractivity contribution in [3.05, 3.63) is 59.8 Å². The molecule has 25 heavy (non-hydrogen) atoms. The molecule has 0 atom stereocenters. The van der Waals surface area contributed by atoms with Crippen molar-refractivity contribution in [3.63, 3.8) is 0 Å². The first-order valence-electron chi connectivity index (χ1n) is 8.22. The first-order valence-corrected chi connectivity index (χ1v) is 8.22. The Balaban J connectivity index is 1.54. The molecule has 2 heterocycles. The smallest absolute Gasteiger partial charge is 0.135 e. The Bertz CT molecular complexity index is 731. The summed E-state index contributed by atoms with van der Waals surface area (Å²) in [5, 5.41) is 12.4. The fourth-order valence-electron chi connectivity index (χ4n) is 2.97. The lowest BCUT2D eigenvalue weighted by atomic mass is 10.1. The summed E-state index contributed by atoms with van der Waals surface area (Å²) in [4.78, 5) is 8.80. The number of anilines is 1. The van der Waals surface area contributed by atoms with Crippen LogP contribution >= 0.6 is 0 Å². The zero-order valence-corrected chi connectivity index (χ0v) is 13.8. The highest BCUT2D eigenvalue weighted by Gasteiger charge is 2.19. The van der Waals surface area contributed by atoms with Gasteiger partial charge in [0, 0.05) is 57.0 Å². The molecular weight excluding hydrogens is 326 g/mol. The van der Waals surface area contributed by atoms with Gasteiger partial charge in [-0.05, 0) is 24.3 Å². The number of benzene rings is 1. The number of hydrogen-bond donors (Lipinski definition) is 1. The van der Waals surface area contributed by atoms with Crippen LogP contribution in [0.2, 0.25) is 0 Å². The summed E-state index contributed by atoms with van der Waals surface area (Å²) in [5.74, 6) is -0.398. The van der Waals surface area contributed by atoms with Gasteiger partial charge in [-0.25, -0.2) is 13.8 Å². The number of oxime groups is 1. The maximum atomic E-state index is 13.8. The molecular formula is C18H20F2N4O. The summed E-state index contributed by atoms with van der Waals surface area (Å²) in [6.45, 7) is 4.05. The fraction of sp³-hybridized carbons (Fsp3) is 0.333. The molecule has 0 radical (unpaired) electrons. The Morgan fingerprint density at radius 1 is 1.12 bits per heavy atom. The number of halogens is 2. The summed E-state index contributed by atoms with van der Waals surface area (Å²) in [5.41, 5.74) is 0.362. The molecule has 1 aromatic heterocycles. The minimum Gasteiger partial charge on any atom is -0.411 e. The molecule has 132 valence electrons. The molecule has 1 saturated heterocycles. The van der Waals surface area contributed by atoms with E-state index in [2.05, 4.69) is 19.9 Å². The first kappa shape index (κ1) is 17.3. The van der Waals surface area contributed by atoms with Gasteiger partial charge in [0.15, 0.2) is 0 Å². The van der Waals surface area contributed by atoms with Crippen LogP contribution in [0.5, 0.6) is 0 Å². The van der Waals surface area contributed by atoms with Gasteiger partial charge in [0.1, 0.15) is 17.5 Å². The average Bonchev–Trinajstić information content (AvgIpc) is 2.65. The number of aromatic nitrogens is 1. The second-order valence-electron chi connectivity index (χ2n) is 5.94. The van der Waals surface area contributed by atoms with Crippen LogP contribution in [-0.4, -0.2) is 53.5 Å². The van der Waals surface area contributed by atoms with Crippen LogP contribution in [0, 0.1) is 11.6 Å². The van der Waals surface area contributed by atoms with E-state index in [9.17, 15) is 14.0 Å². The number of nitrogens with zero attached hydrogens (tertiary/aromatic N) is 4. The van der Waals surface area contributed by atoms with Gasteiger partial charge in [-0.3, -0.25) is 4.90 Å². The summed E-state index contributed by atoms with van der Waals surface area (Å²) >= 11 is 0. The topological polar surface area (TPSA) is 52.0 Å². The third-order valence-corrected chi connectivity index (χ3v) is 4.37. The summed E-state index contributed by atoms with van der Waals surface area (Å²) in [7, 11) is 0. The van der Waals surface area contributed by atoms with Gasteiger partial charge in [0.2, 0.25) is 0 Å². The van der Waals surface area contributed by atoms with E-state index in [1.807, 2.05) is 18.2 Å². The van der Waals surface area contributed by atoms with Gasteiger partial charge in [-0.1, -0.05) is 11.2 Å². The molecule has 0 bridgehead atoms. The van der Waals surface area contributed by atoms with Crippen molar-refractivity contribution < 1.29 is 14.0 Å². The van der Waals surface area contributed by atoms with Gasteiger partial charge in [0.25, 0.3) is 0 Å². The van der Waals surface area contributed by atoms with Crippen molar-refractivity contribution in [2.45, 2.75) is 6.42 Å². The van der Waals surface area contributed by atoms with Crippen LogP contribution in [-0.2, 0) is 0 Å². The highest BCUT2D eigenvalue weighted by Crippen LogP contribution is 2.15. The van der Waals surface area contributed by atoms with E-state index < -0.39 is 11.6 Å². The van der Waals surface area contributed by atoms with Crippen molar-refractivity contribution >= 4 is 11.5 Å². The molecule has 0 spiro atoms. The lowest BCUT2D eigenvalue weighted by Crippen LogP contribution is -2.47. The van der Waals surface area contributed by atoms with Crippen LogP contribution < -0.4 is 4.90 Å². The maximum absolute atomic E-state index is 13.8. The Morgan fingerprint density at radius 2 is 1.92 bits per heavy atom. The van der Waals surface area contributed by atoms with E-state index in [-0.39, 0.29) is 11.3 Å².